The molecule has 88 valence electrons. The molecule has 0 aliphatic heterocycles. The Balaban J connectivity index is 2.18. The lowest BCUT2D eigenvalue weighted by Crippen LogP contribution is -2.24. The predicted octanol–water partition coefficient (Wildman–Crippen LogP) is 4.17. The highest BCUT2D eigenvalue weighted by molar-refractivity contribution is 9.10. The van der Waals surface area contributed by atoms with Gasteiger partial charge in [-0.3, -0.25) is 0 Å². The average molecular weight is 286 g/mol. The van der Waals surface area contributed by atoms with Crippen LogP contribution in [-0.4, -0.2) is 0 Å². The van der Waals surface area contributed by atoms with Crippen molar-refractivity contribution in [2.45, 2.75) is 38.1 Å². The Labute approximate surface area is 104 Å². The summed E-state index contributed by atoms with van der Waals surface area (Å²) in [5, 5.41) is 0. The molecule has 1 aromatic carbocycles. The van der Waals surface area contributed by atoms with Crippen LogP contribution in [0.3, 0.4) is 0 Å². The second-order valence-corrected chi connectivity index (χ2v) is 5.51. The third kappa shape index (κ3) is 2.64. The van der Waals surface area contributed by atoms with Crippen LogP contribution < -0.4 is 5.73 Å². The van der Waals surface area contributed by atoms with Crippen LogP contribution >= 0.6 is 15.9 Å². The van der Waals surface area contributed by atoms with Crippen LogP contribution in [0.4, 0.5) is 4.39 Å². The molecule has 2 N–H and O–H groups in total. The van der Waals surface area contributed by atoms with Crippen LogP contribution in [0, 0.1) is 11.7 Å². The van der Waals surface area contributed by atoms with Gasteiger partial charge in [-0.15, -0.1) is 0 Å². The Bertz CT molecular complexity index is 361. The van der Waals surface area contributed by atoms with Crippen molar-refractivity contribution >= 4 is 15.9 Å². The molecule has 2 rings (SSSR count). The van der Waals surface area contributed by atoms with E-state index < -0.39 is 0 Å². The summed E-state index contributed by atoms with van der Waals surface area (Å²) in [5.74, 6) is 0.263. The molecule has 0 spiro atoms. The smallest absolute Gasteiger partial charge is 0.128 e. The number of nitrogens with two attached hydrogens (primary N) is 1. The van der Waals surface area contributed by atoms with Gasteiger partial charge in [0.1, 0.15) is 5.82 Å². The molecule has 1 aliphatic rings. The van der Waals surface area contributed by atoms with E-state index in [1.807, 2.05) is 6.07 Å². The summed E-state index contributed by atoms with van der Waals surface area (Å²) in [6, 6.07) is 4.86. The minimum absolute atomic E-state index is 0.155. The van der Waals surface area contributed by atoms with Crippen molar-refractivity contribution in [3.63, 3.8) is 0 Å². The second-order valence-electron chi connectivity index (χ2n) is 4.59. The predicted molar refractivity (Wildman–Crippen MR) is 67.6 cm³/mol. The minimum Gasteiger partial charge on any atom is -0.324 e. The topological polar surface area (TPSA) is 26.0 Å². The Hall–Kier alpha value is -0.410. The first-order chi connectivity index (χ1) is 7.68. The maximum absolute atomic E-state index is 13.7. The second kappa shape index (κ2) is 5.28. The van der Waals surface area contributed by atoms with E-state index in [1.165, 1.54) is 25.3 Å². The Morgan fingerprint density at radius 1 is 1.25 bits per heavy atom. The van der Waals surface area contributed by atoms with Gasteiger partial charge in [0, 0.05) is 16.1 Å². The fraction of sp³-hybridized carbons (Fsp3) is 0.538. The molecule has 1 fully saturated rings. The number of rotatable bonds is 2. The molecule has 1 saturated carbocycles. The van der Waals surface area contributed by atoms with Crippen molar-refractivity contribution in [2.24, 2.45) is 11.7 Å². The molecule has 16 heavy (non-hydrogen) atoms. The number of hydrogen-bond donors (Lipinski definition) is 1. The lowest BCUT2D eigenvalue weighted by atomic mass is 9.81. The fourth-order valence-electron chi connectivity index (χ4n) is 2.52. The largest absolute Gasteiger partial charge is 0.324 e. The zero-order valence-corrected chi connectivity index (χ0v) is 10.8. The summed E-state index contributed by atoms with van der Waals surface area (Å²) in [4.78, 5) is 0. The standard InChI is InChI=1S/C13H17BrFN/c14-10-6-7-12(15)11(8-10)13(16)9-4-2-1-3-5-9/h6-9,13H,1-5,16H2/t13-/m0/s1. The molecule has 1 nitrogen and oxygen atoms in total. The van der Waals surface area contributed by atoms with Gasteiger partial charge >= 0.3 is 0 Å². The summed E-state index contributed by atoms with van der Waals surface area (Å²) in [6.45, 7) is 0. The zero-order valence-electron chi connectivity index (χ0n) is 9.26. The van der Waals surface area contributed by atoms with E-state index in [9.17, 15) is 4.39 Å². The van der Waals surface area contributed by atoms with Crippen LogP contribution in [0.15, 0.2) is 22.7 Å². The maximum atomic E-state index is 13.7. The van der Waals surface area contributed by atoms with E-state index in [1.54, 1.807) is 6.07 Å². The van der Waals surface area contributed by atoms with Gasteiger partial charge in [-0.05, 0) is 37.0 Å². The first kappa shape index (κ1) is 12.1. The summed E-state index contributed by atoms with van der Waals surface area (Å²) in [6.07, 6.45) is 6.02. The number of benzene rings is 1. The molecule has 0 amide bonds. The van der Waals surface area contributed by atoms with Gasteiger partial charge in [-0.1, -0.05) is 35.2 Å². The molecule has 1 atom stereocenters. The van der Waals surface area contributed by atoms with Crippen LogP contribution in [0.5, 0.6) is 0 Å². The summed E-state index contributed by atoms with van der Waals surface area (Å²) >= 11 is 3.37. The third-order valence-electron chi connectivity index (χ3n) is 3.47. The molecule has 0 radical (unpaired) electrons. The quantitative estimate of drug-likeness (QED) is 0.867. The lowest BCUT2D eigenvalue weighted by Gasteiger charge is -2.28. The summed E-state index contributed by atoms with van der Waals surface area (Å²) in [7, 11) is 0. The summed E-state index contributed by atoms with van der Waals surface area (Å²) < 4.78 is 14.6. The van der Waals surface area contributed by atoms with Crippen molar-refractivity contribution in [3.05, 3.63) is 34.1 Å². The maximum Gasteiger partial charge on any atom is 0.128 e. The Kier molecular flexibility index (Phi) is 3.98. The summed E-state index contributed by atoms with van der Waals surface area (Å²) in [5.41, 5.74) is 6.83. The highest BCUT2D eigenvalue weighted by Gasteiger charge is 2.23. The molecule has 0 saturated heterocycles. The van der Waals surface area contributed by atoms with Crippen LogP contribution in [0.1, 0.15) is 43.7 Å². The van der Waals surface area contributed by atoms with Gasteiger partial charge in [0.15, 0.2) is 0 Å². The molecule has 0 unspecified atom stereocenters. The average Bonchev–Trinajstić information content (AvgIpc) is 2.32. The molecule has 0 aromatic heterocycles. The monoisotopic (exact) mass is 285 g/mol. The van der Waals surface area contributed by atoms with E-state index in [2.05, 4.69) is 15.9 Å². The first-order valence-electron chi connectivity index (χ1n) is 5.89. The highest BCUT2D eigenvalue weighted by Crippen LogP contribution is 2.34. The molecule has 0 bridgehead atoms. The molecule has 3 heteroatoms. The Morgan fingerprint density at radius 2 is 1.94 bits per heavy atom. The van der Waals surface area contributed by atoms with Gasteiger partial charge < -0.3 is 5.73 Å². The van der Waals surface area contributed by atoms with Crippen molar-refractivity contribution in [1.82, 2.24) is 0 Å². The minimum atomic E-state index is -0.179. The lowest BCUT2D eigenvalue weighted by molar-refractivity contribution is 0.303. The molecule has 1 aromatic rings. The van der Waals surface area contributed by atoms with E-state index in [4.69, 9.17) is 5.73 Å². The van der Waals surface area contributed by atoms with Gasteiger partial charge in [0.25, 0.3) is 0 Å². The van der Waals surface area contributed by atoms with E-state index >= 15 is 0 Å². The third-order valence-corrected chi connectivity index (χ3v) is 3.97. The van der Waals surface area contributed by atoms with Gasteiger partial charge in [0.2, 0.25) is 0 Å². The van der Waals surface area contributed by atoms with Crippen LogP contribution in [0.2, 0.25) is 0 Å². The van der Waals surface area contributed by atoms with Crippen molar-refractivity contribution < 1.29 is 4.39 Å². The fourth-order valence-corrected chi connectivity index (χ4v) is 2.90. The number of hydrogen-bond acceptors (Lipinski definition) is 1. The number of halogens is 2. The normalized spacial score (nSPS) is 19.7. The van der Waals surface area contributed by atoms with Gasteiger partial charge in [-0.2, -0.15) is 0 Å². The van der Waals surface area contributed by atoms with Crippen molar-refractivity contribution in [3.8, 4) is 0 Å². The van der Waals surface area contributed by atoms with Crippen LogP contribution in [-0.2, 0) is 0 Å². The van der Waals surface area contributed by atoms with E-state index in [0.29, 0.717) is 11.5 Å². The molecular weight excluding hydrogens is 269 g/mol. The highest BCUT2D eigenvalue weighted by atomic mass is 79.9. The van der Waals surface area contributed by atoms with Crippen LogP contribution in [0.25, 0.3) is 0 Å². The van der Waals surface area contributed by atoms with Gasteiger partial charge in [0.05, 0.1) is 0 Å². The first-order valence-corrected chi connectivity index (χ1v) is 6.68. The van der Waals surface area contributed by atoms with Crippen molar-refractivity contribution in [2.75, 3.05) is 0 Å². The zero-order chi connectivity index (χ0) is 11.5. The SMILES string of the molecule is N[C@H](c1cc(Br)ccc1F)C1CCCCC1. The molecule has 0 heterocycles. The van der Waals surface area contributed by atoms with Gasteiger partial charge in [-0.25, -0.2) is 4.39 Å². The molecular formula is C13H17BrFN. The Morgan fingerprint density at radius 3 is 2.62 bits per heavy atom. The van der Waals surface area contributed by atoms with Crippen molar-refractivity contribution in [1.29, 1.82) is 0 Å². The van der Waals surface area contributed by atoms with E-state index in [0.717, 1.165) is 17.3 Å². The molecule has 1 aliphatic carbocycles. The van der Waals surface area contributed by atoms with E-state index in [-0.39, 0.29) is 11.9 Å².